The molecule has 0 rings (SSSR count). The highest BCUT2D eigenvalue weighted by Crippen LogP contribution is 2.27. The molecule has 0 aliphatic heterocycles. The highest BCUT2D eigenvalue weighted by atomic mass is 16.5. The number of ether oxygens (including phenoxy) is 1. The Labute approximate surface area is 101 Å². The molecule has 0 aromatic carbocycles. The number of ketones is 1. The molecular weight excluding hydrogens is 200 g/mol. The van der Waals surface area contributed by atoms with Crippen LogP contribution in [-0.2, 0) is 9.53 Å². The van der Waals surface area contributed by atoms with Gasteiger partial charge < -0.3 is 9.53 Å². The first kappa shape index (κ1) is 15.6. The van der Waals surface area contributed by atoms with Crippen molar-refractivity contribution in [2.75, 3.05) is 6.61 Å². The fourth-order valence-electron chi connectivity index (χ4n) is 1.85. The average molecular weight is 228 g/mol. The third kappa shape index (κ3) is 10.2. The molecule has 2 nitrogen and oxygen atoms in total. The number of carbonyl (C=O) groups excluding carboxylic acids is 1. The minimum Gasteiger partial charge on any atom is -0.376 e. The molecule has 2 heteroatoms. The molecule has 0 saturated heterocycles. The van der Waals surface area contributed by atoms with E-state index >= 15 is 0 Å². The average Bonchev–Trinajstić information content (AvgIpc) is 1.98. The van der Waals surface area contributed by atoms with E-state index in [9.17, 15) is 4.79 Å². The summed E-state index contributed by atoms with van der Waals surface area (Å²) in [4.78, 5) is 11.1. The van der Waals surface area contributed by atoms with Crippen molar-refractivity contribution in [2.24, 2.45) is 5.41 Å². The molecule has 0 atom stereocenters. The monoisotopic (exact) mass is 228 g/mol. The predicted molar refractivity (Wildman–Crippen MR) is 68.6 cm³/mol. The van der Waals surface area contributed by atoms with Crippen molar-refractivity contribution in [2.45, 2.75) is 72.8 Å². The van der Waals surface area contributed by atoms with Crippen molar-refractivity contribution >= 4 is 5.78 Å². The van der Waals surface area contributed by atoms with Crippen molar-refractivity contribution in [1.29, 1.82) is 0 Å². The first-order valence-electron chi connectivity index (χ1n) is 6.26. The maximum atomic E-state index is 11.1. The van der Waals surface area contributed by atoms with Gasteiger partial charge in [0.1, 0.15) is 5.78 Å². The second-order valence-corrected chi connectivity index (χ2v) is 6.46. The Bertz CT molecular complexity index is 211. The Hall–Kier alpha value is -0.370. The quantitative estimate of drug-likeness (QED) is 0.616. The molecular formula is C14H28O2. The Morgan fingerprint density at radius 3 is 2.06 bits per heavy atom. The molecule has 16 heavy (non-hydrogen) atoms. The Morgan fingerprint density at radius 2 is 1.62 bits per heavy atom. The summed E-state index contributed by atoms with van der Waals surface area (Å²) in [7, 11) is 0. The van der Waals surface area contributed by atoms with Gasteiger partial charge in [-0.15, -0.1) is 0 Å². The molecule has 0 aromatic rings. The van der Waals surface area contributed by atoms with Crippen molar-refractivity contribution in [3.05, 3.63) is 0 Å². The summed E-state index contributed by atoms with van der Waals surface area (Å²) in [6.45, 7) is 13.0. The van der Waals surface area contributed by atoms with Gasteiger partial charge in [-0.05, 0) is 46.0 Å². The fraction of sp³-hybridized carbons (Fsp3) is 0.929. The van der Waals surface area contributed by atoms with E-state index in [-0.39, 0.29) is 16.8 Å². The summed E-state index contributed by atoms with van der Waals surface area (Å²) in [5.41, 5.74) is 0.114. The van der Waals surface area contributed by atoms with Gasteiger partial charge in [0.05, 0.1) is 5.60 Å². The topological polar surface area (TPSA) is 26.3 Å². The number of hydrogen-bond acceptors (Lipinski definition) is 2. The molecule has 0 N–H and O–H groups in total. The SMILES string of the molecule is CC(=O)CC(C)(C)CCCCOC(C)(C)C. The normalized spacial score (nSPS) is 12.9. The lowest BCUT2D eigenvalue weighted by atomic mass is 9.82. The molecule has 96 valence electrons. The number of carbonyl (C=O) groups is 1. The molecule has 0 aliphatic rings. The van der Waals surface area contributed by atoms with E-state index in [1.165, 1.54) is 0 Å². The highest BCUT2D eigenvalue weighted by Gasteiger charge is 2.19. The molecule has 0 radical (unpaired) electrons. The standard InChI is InChI=1S/C14H28O2/c1-12(15)11-14(5,6)9-7-8-10-16-13(2,3)4/h7-11H2,1-6H3. The van der Waals surface area contributed by atoms with Gasteiger partial charge in [-0.2, -0.15) is 0 Å². The summed E-state index contributed by atoms with van der Waals surface area (Å²) < 4.78 is 5.66. The van der Waals surface area contributed by atoms with Crippen LogP contribution in [0.4, 0.5) is 0 Å². The number of rotatable bonds is 7. The third-order valence-electron chi connectivity index (χ3n) is 2.51. The summed E-state index contributed by atoms with van der Waals surface area (Å²) in [5.74, 6) is 0.288. The van der Waals surface area contributed by atoms with E-state index in [2.05, 4.69) is 34.6 Å². The van der Waals surface area contributed by atoms with E-state index in [0.29, 0.717) is 6.42 Å². The van der Waals surface area contributed by atoms with Crippen LogP contribution < -0.4 is 0 Å². The van der Waals surface area contributed by atoms with Crippen LogP contribution in [0.2, 0.25) is 0 Å². The van der Waals surface area contributed by atoms with Crippen molar-refractivity contribution in [3.63, 3.8) is 0 Å². The molecule has 0 aromatic heterocycles. The maximum absolute atomic E-state index is 11.1. The highest BCUT2D eigenvalue weighted by molar-refractivity contribution is 5.76. The van der Waals surface area contributed by atoms with E-state index in [1.54, 1.807) is 6.92 Å². The smallest absolute Gasteiger partial charge is 0.130 e. The zero-order chi connectivity index (χ0) is 12.8. The molecule has 0 saturated carbocycles. The van der Waals surface area contributed by atoms with Gasteiger partial charge >= 0.3 is 0 Å². The summed E-state index contributed by atoms with van der Waals surface area (Å²) >= 11 is 0. The van der Waals surface area contributed by atoms with Gasteiger partial charge in [-0.25, -0.2) is 0 Å². The summed E-state index contributed by atoms with van der Waals surface area (Å²) in [6, 6.07) is 0. The third-order valence-corrected chi connectivity index (χ3v) is 2.51. The lowest BCUT2D eigenvalue weighted by Gasteiger charge is -2.24. The van der Waals surface area contributed by atoms with Crippen LogP contribution in [0, 0.1) is 5.41 Å². The van der Waals surface area contributed by atoms with Crippen molar-refractivity contribution in [1.82, 2.24) is 0 Å². The van der Waals surface area contributed by atoms with Gasteiger partial charge in [-0.3, -0.25) is 0 Å². The van der Waals surface area contributed by atoms with Gasteiger partial charge in [0.2, 0.25) is 0 Å². The van der Waals surface area contributed by atoms with Gasteiger partial charge in [0.15, 0.2) is 0 Å². The molecule has 0 amide bonds. The van der Waals surface area contributed by atoms with Crippen molar-refractivity contribution < 1.29 is 9.53 Å². The van der Waals surface area contributed by atoms with E-state index in [4.69, 9.17) is 4.74 Å². The van der Waals surface area contributed by atoms with Gasteiger partial charge in [-0.1, -0.05) is 20.3 Å². The number of Topliss-reactive ketones (excluding diaryl/α,β-unsaturated/α-hetero) is 1. The van der Waals surface area contributed by atoms with Crippen molar-refractivity contribution in [3.8, 4) is 0 Å². The molecule has 0 heterocycles. The molecule has 0 aliphatic carbocycles. The lowest BCUT2D eigenvalue weighted by molar-refractivity contribution is -0.118. The van der Waals surface area contributed by atoms with Crippen LogP contribution in [0.3, 0.4) is 0 Å². The van der Waals surface area contributed by atoms with Crippen LogP contribution in [0.15, 0.2) is 0 Å². The fourth-order valence-corrected chi connectivity index (χ4v) is 1.85. The first-order chi connectivity index (χ1) is 7.12. The Kier molecular flexibility index (Phi) is 6.24. The zero-order valence-corrected chi connectivity index (χ0v) is 11.9. The molecule has 0 bridgehead atoms. The van der Waals surface area contributed by atoms with Gasteiger partial charge in [0.25, 0.3) is 0 Å². The summed E-state index contributed by atoms with van der Waals surface area (Å²) in [6.07, 6.45) is 4.00. The second kappa shape index (κ2) is 6.39. The lowest BCUT2D eigenvalue weighted by Crippen LogP contribution is -2.20. The zero-order valence-electron chi connectivity index (χ0n) is 11.9. The Morgan fingerprint density at radius 1 is 1.06 bits per heavy atom. The molecule has 0 fully saturated rings. The van der Waals surface area contributed by atoms with Crippen LogP contribution in [0.1, 0.15) is 67.2 Å². The largest absolute Gasteiger partial charge is 0.376 e. The molecule has 0 spiro atoms. The minimum absolute atomic E-state index is 0.0328. The molecule has 0 unspecified atom stereocenters. The van der Waals surface area contributed by atoms with Gasteiger partial charge in [0, 0.05) is 13.0 Å². The van der Waals surface area contributed by atoms with E-state index in [0.717, 1.165) is 25.9 Å². The minimum atomic E-state index is -0.0328. The van der Waals surface area contributed by atoms with Crippen LogP contribution in [-0.4, -0.2) is 18.0 Å². The van der Waals surface area contributed by atoms with Crippen LogP contribution in [0.5, 0.6) is 0 Å². The summed E-state index contributed by atoms with van der Waals surface area (Å²) in [5, 5.41) is 0. The second-order valence-electron chi connectivity index (χ2n) is 6.46. The van der Waals surface area contributed by atoms with Crippen LogP contribution >= 0.6 is 0 Å². The number of unbranched alkanes of at least 4 members (excludes halogenated alkanes) is 1. The Balaban J connectivity index is 3.62. The number of hydrogen-bond donors (Lipinski definition) is 0. The van der Waals surface area contributed by atoms with E-state index in [1.807, 2.05) is 0 Å². The van der Waals surface area contributed by atoms with E-state index < -0.39 is 0 Å². The first-order valence-corrected chi connectivity index (χ1v) is 6.26. The predicted octanol–water partition coefficient (Wildman–Crippen LogP) is 3.98. The van der Waals surface area contributed by atoms with Crippen LogP contribution in [0.25, 0.3) is 0 Å². The maximum Gasteiger partial charge on any atom is 0.130 e.